The van der Waals surface area contributed by atoms with E-state index in [4.69, 9.17) is 0 Å². The summed E-state index contributed by atoms with van der Waals surface area (Å²) >= 11 is 0. The summed E-state index contributed by atoms with van der Waals surface area (Å²) < 4.78 is 0. The van der Waals surface area contributed by atoms with Crippen molar-refractivity contribution in [2.45, 2.75) is 33.6 Å². The number of hydrogen-bond acceptors (Lipinski definition) is 1. The van der Waals surface area contributed by atoms with Crippen LogP contribution in [0.2, 0.25) is 0 Å². The molecular formula is C13H21N. The molecule has 1 atom stereocenters. The second-order valence-corrected chi connectivity index (χ2v) is 4.17. The van der Waals surface area contributed by atoms with Gasteiger partial charge in [-0.2, -0.15) is 0 Å². The normalized spacial score (nSPS) is 25.3. The molecule has 0 N–H and O–H groups in total. The average Bonchev–Trinajstić information content (AvgIpc) is 2.18. The fraction of sp³-hybridized carbons (Fsp3) is 0.615. The smallest absolute Gasteiger partial charge is 0.0408 e. The van der Waals surface area contributed by atoms with Crippen LogP contribution in [0.4, 0.5) is 0 Å². The Bertz CT molecular complexity index is 258. The SMILES string of the molecule is C=C/C=C1/C(C(C)C)=NCCC1CC. The maximum Gasteiger partial charge on any atom is 0.0408 e. The van der Waals surface area contributed by atoms with E-state index in [0.717, 1.165) is 6.54 Å². The number of hydrogen-bond donors (Lipinski definition) is 0. The standard InChI is InChI=1S/C13H21N/c1-5-7-12-11(6-2)8-9-14-13(12)10(3)4/h5,7,10-11H,1,6,8-9H2,2-4H3/b12-7+. The first-order valence-electron chi connectivity index (χ1n) is 5.58. The van der Waals surface area contributed by atoms with Gasteiger partial charge in [0.15, 0.2) is 0 Å². The lowest BCUT2D eigenvalue weighted by molar-refractivity contribution is 0.544. The van der Waals surface area contributed by atoms with Crippen LogP contribution in [-0.4, -0.2) is 12.3 Å². The molecule has 1 aliphatic rings. The monoisotopic (exact) mass is 191 g/mol. The Morgan fingerprint density at radius 3 is 2.79 bits per heavy atom. The minimum atomic E-state index is 0.538. The van der Waals surface area contributed by atoms with Crippen LogP contribution in [0, 0.1) is 11.8 Å². The van der Waals surface area contributed by atoms with Crippen molar-refractivity contribution in [2.24, 2.45) is 16.8 Å². The number of nitrogens with zero attached hydrogens (tertiary/aromatic N) is 1. The van der Waals surface area contributed by atoms with Gasteiger partial charge in [-0.15, -0.1) is 0 Å². The summed E-state index contributed by atoms with van der Waals surface area (Å²) in [6.07, 6.45) is 6.45. The largest absolute Gasteiger partial charge is 0.289 e. The highest BCUT2D eigenvalue weighted by atomic mass is 14.8. The maximum absolute atomic E-state index is 4.63. The van der Waals surface area contributed by atoms with E-state index in [1.54, 1.807) is 0 Å². The van der Waals surface area contributed by atoms with Crippen LogP contribution in [-0.2, 0) is 0 Å². The first-order chi connectivity index (χ1) is 6.70. The van der Waals surface area contributed by atoms with E-state index in [9.17, 15) is 0 Å². The fourth-order valence-electron chi connectivity index (χ4n) is 2.09. The zero-order valence-electron chi connectivity index (χ0n) is 9.59. The van der Waals surface area contributed by atoms with Gasteiger partial charge in [0.25, 0.3) is 0 Å². The molecule has 1 aliphatic heterocycles. The third kappa shape index (κ3) is 2.34. The molecule has 14 heavy (non-hydrogen) atoms. The molecule has 0 saturated heterocycles. The van der Waals surface area contributed by atoms with Gasteiger partial charge >= 0.3 is 0 Å². The molecule has 1 heteroatoms. The lowest BCUT2D eigenvalue weighted by Gasteiger charge is -2.26. The summed E-state index contributed by atoms with van der Waals surface area (Å²) in [7, 11) is 0. The second kappa shape index (κ2) is 5.14. The minimum Gasteiger partial charge on any atom is -0.289 e. The van der Waals surface area contributed by atoms with Crippen molar-refractivity contribution in [1.29, 1.82) is 0 Å². The topological polar surface area (TPSA) is 12.4 Å². The Labute approximate surface area is 87.6 Å². The van der Waals surface area contributed by atoms with E-state index < -0.39 is 0 Å². The average molecular weight is 191 g/mol. The Morgan fingerprint density at radius 1 is 1.57 bits per heavy atom. The van der Waals surface area contributed by atoms with Crippen molar-refractivity contribution in [2.75, 3.05) is 6.54 Å². The molecule has 1 rings (SSSR count). The van der Waals surface area contributed by atoms with E-state index in [1.165, 1.54) is 24.1 Å². The molecule has 0 aliphatic carbocycles. The van der Waals surface area contributed by atoms with Crippen molar-refractivity contribution in [3.05, 3.63) is 24.3 Å². The van der Waals surface area contributed by atoms with Crippen molar-refractivity contribution >= 4 is 5.71 Å². The fourth-order valence-corrected chi connectivity index (χ4v) is 2.09. The van der Waals surface area contributed by atoms with E-state index in [-0.39, 0.29) is 0 Å². The van der Waals surface area contributed by atoms with Gasteiger partial charge in [-0.1, -0.05) is 39.5 Å². The van der Waals surface area contributed by atoms with Crippen LogP contribution < -0.4 is 0 Å². The van der Waals surface area contributed by atoms with E-state index in [2.05, 4.69) is 38.4 Å². The molecule has 0 fully saturated rings. The van der Waals surface area contributed by atoms with Gasteiger partial charge in [-0.25, -0.2) is 0 Å². The van der Waals surface area contributed by atoms with Gasteiger partial charge in [-0.3, -0.25) is 4.99 Å². The van der Waals surface area contributed by atoms with Crippen LogP contribution in [0.25, 0.3) is 0 Å². The number of allylic oxidation sites excluding steroid dienone is 3. The highest BCUT2D eigenvalue weighted by Gasteiger charge is 2.22. The van der Waals surface area contributed by atoms with Gasteiger partial charge in [0, 0.05) is 12.3 Å². The second-order valence-electron chi connectivity index (χ2n) is 4.17. The maximum atomic E-state index is 4.63. The van der Waals surface area contributed by atoms with Crippen molar-refractivity contribution in [3.8, 4) is 0 Å². The summed E-state index contributed by atoms with van der Waals surface area (Å²) in [5.74, 6) is 1.23. The zero-order valence-corrected chi connectivity index (χ0v) is 9.59. The lowest BCUT2D eigenvalue weighted by Crippen LogP contribution is -2.23. The summed E-state index contributed by atoms with van der Waals surface area (Å²) in [6, 6.07) is 0. The molecule has 0 aromatic rings. The molecular weight excluding hydrogens is 170 g/mol. The Kier molecular flexibility index (Phi) is 4.12. The molecule has 0 aromatic carbocycles. The Morgan fingerprint density at radius 2 is 2.29 bits per heavy atom. The number of aliphatic imine (C=N–C) groups is 1. The van der Waals surface area contributed by atoms with Crippen LogP contribution in [0.15, 0.2) is 29.3 Å². The van der Waals surface area contributed by atoms with Crippen LogP contribution in [0.5, 0.6) is 0 Å². The zero-order chi connectivity index (χ0) is 10.6. The molecule has 1 heterocycles. The van der Waals surface area contributed by atoms with E-state index in [0.29, 0.717) is 11.8 Å². The van der Waals surface area contributed by atoms with Crippen molar-refractivity contribution < 1.29 is 0 Å². The van der Waals surface area contributed by atoms with Crippen molar-refractivity contribution in [1.82, 2.24) is 0 Å². The van der Waals surface area contributed by atoms with Crippen LogP contribution >= 0.6 is 0 Å². The molecule has 0 radical (unpaired) electrons. The number of rotatable bonds is 3. The van der Waals surface area contributed by atoms with Gasteiger partial charge in [-0.05, 0) is 30.3 Å². The van der Waals surface area contributed by atoms with Gasteiger partial charge in [0.2, 0.25) is 0 Å². The predicted octanol–water partition coefficient (Wildman–Crippen LogP) is 3.63. The molecule has 78 valence electrons. The van der Waals surface area contributed by atoms with E-state index >= 15 is 0 Å². The molecule has 1 unspecified atom stereocenters. The Balaban J connectivity index is 2.97. The highest BCUT2D eigenvalue weighted by molar-refractivity contribution is 6.02. The van der Waals surface area contributed by atoms with Gasteiger partial charge < -0.3 is 0 Å². The third-order valence-corrected chi connectivity index (χ3v) is 2.83. The first-order valence-corrected chi connectivity index (χ1v) is 5.58. The molecule has 0 saturated carbocycles. The van der Waals surface area contributed by atoms with Gasteiger partial charge in [0.1, 0.15) is 0 Å². The quantitative estimate of drug-likeness (QED) is 0.646. The predicted molar refractivity (Wildman–Crippen MR) is 63.8 cm³/mol. The summed E-state index contributed by atoms with van der Waals surface area (Å²) in [5.41, 5.74) is 2.71. The minimum absolute atomic E-state index is 0.538. The van der Waals surface area contributed by atoms with Gasteiger partial charge in [0.05, 0.1) is 0 Å². The molecule has 0 amide bonds. The summed E-state index contributed by atoms with van der Waals surface area (Å²) in [4.78, 5) is 4.63. The highest BCUT2D eigenvalue weighted by Crippen LogP contribution is 2.27. The van der Waals surface area contributed by atoms with E-state index in [1.807, 2.05) is 6.08 Å². The molecule has 0 bridgehead atoms. The van der Waals surface area contributed by atoms with Crippen molar-refractivity contribution in [3.63, 3.8) is 0 Å². The first kappa shape index (κ1) is 11.2. The van der Waals surface area contributed by atoms with Crippen LogP contribution in [0.3, 0.4) is 0 Å². The molecule has 1 nitrogen and oxygen atoms in total. The third-order valence-electron chi connectivity index (χ3n) is 2.83. The molecule has 0 aromatic heterocycles. The summed E-state index contributed by atoms with van der Waals surface area (Å²) in [6.45, 7) is 11.5. The molecule has 0 spiro atoms. The van der Waals surface area contributed by atoms with Crippen LogP contribution in [0.1, 0.15) is 33.6 Å². The summed E-state index contributed by atoms with van der Waals surface area (Å²) in [5, 5.41) is 0. The lowest BCUT2D eigenvalue weighted by atomic mass is 9.83. The Hall–Kier alpha value is -0.850.